The zero-order chi connectivity index (χ0) is 26.2. The number of fused-ring (bicyclic) bond motifs is 4. The van der Waals surface area contributed by atoms with E-state index in [2.05, 4.69) is 70.7 Å². The lowest BCUT2D eigenvalue weighted by Crippen LogP contribution is -2.51. The molecular weight excluding hydrogens is 456 g/mol. The second-order valence-electron chi connectivity index (χ2n) is 14.1. The molecule has 5 aliphatic rings. The number of ether oxygens (including phenoxy) is 1. The third kappa shape index (κ3) is 3.98. The maximum absolute atomic E-state index is 12.3. The summed E-state index contributed by atoms with van der Waals surface area (Å²) >= 11 is 0. The average molecular weight is 499 g/mol. The Morgan fingerprint density at radius 2 is 1.76 bits per heavy atom. The van der Waals surface area contributed by atoms with Crippen LogP contribution in [0.1, 0.15) is 96.6 Å². The Bertz CT molecular complexity index is 1240. The molecule has 2 saturated carbocycles. The standard InChI is InChI=1S/C34H42O3/c1-31(2,3)16-17-34(36)15-14-29-27-12-8-23-18-25(35)11-13-26(23)30(27)28(19-33(29,34)5)22-6-9-24(10-7-22)32(4)20-37-21-32/h6-7,9-10,18,27-29,36H,8,11-15,19-21H2,1-5H3/t27-,28+,29?,33-,34+/m0/s1. The molecule has 1 aromatic carbocycles. The second kappa shape index (κ2) is 8.42. The number of ketones is 1. The first-order chi connectivity index (χ1) is 17.4. The summed E-state index contributed by atoms with van der Waals surface area (Å²) < 4.78 is 5.53. The topological polar surface area (TPSA) is 46.5 Å². The molecule has 1 aromatic rings. The summed E-state index contributed by atoms with van der Waals surface area (Å²) in [5.74, 6) is 8.24. The van der Waals surface area contributed by atoms with Crippen molar-refractivity contribution in [3.05, 3.63) is 58.2 Å². The first-order valence-electron chi connectivity index (χ1n) is 14.3. The highest BCUT2D eigenvalue weighted by Crippen LogP contribution is 2.66. The van der Waals surface area contributed by atoms with Crippen LogP contribution in [0.5, 0.6) is 0 Å². The van der Waals surface area contributed by atoms with Gasteiger partial charge in [-0.15, -0.1) is 0 Å². The van der Waals surface area contributed by atoms with Crippen molar-refractivity contribution in [3.8, 4) is 11.8 Å². The highest BCUT2D eigenvalue weighted by molar-refractivity contribution is 5.93. The van der Waals surface area contributed by atoms with Gasteiger partial charge in [-0.3, -0.25) is 4.79 Å². The van der Waals surface area contributed by atoms with Crippen LogP contribution in [0.3, 0.4) is 0 Å². The molecule has 0 aromatic heterocycles. The molecular formula is C34H42O3. The molecule has 3 fully saturated rings. The van der Waals surface area contributed by atoms with Gasteiger partial charge in [-0.25, -0.2) is 0 Å². The highest BCUT2D eigenvalue weighted by atomic mass is 16.5. The fraction of sp³-hybridized carbons (Fsp3) is 0.618. The van der Waals surface area contributed by atoms with E-state index in [-0.39, 0.29) is 27.9 Å². The van der Waals surface area contributed by atoms with Gasteiger partial charge in [0.1, 0.15) is 5.60 Å². The summed E-state index contributed by atoms with van der Waals surface area (Å²) in [5, 5.41) is 12.2. The fourth-order valence-electron chi connectivity index (χ4n) is 8.15. The van der Waals surface area contributed by atoms with Gasteiger partial charge in [0, 0.05) is 28.6 Å². The molecule has 37 heavy (non-hydrogen) atoms. The number of benzene rings is 1. The number of hydrogen-bond acceptors (Lipinski definition) is 3. The van der Waals surface area contributed by atoms with E-state index in [0.717, 1.165) is 51.7 Å². The van der Waals surface area contributed by atoms with Gasteiger partial charge in [-0.1, -0.05) is 55.5 Å². The third-order valence-electron chi connectivity index (χ3n) is 10.4. The molecule has 0 radical (unpaired) electrons. The van der Waals surface area contributed by atoms with E-state index in [9.17, 15) is 9.90 Å². The normalized spacial score (nSPS) is 36.4. The maximum Gasteiger partial charge on any atom is 0.156 e. The highest BCUT2D eigenvalue weighted by Gasteiger charge is 2.62. The Hall–Kier alpha value is -2.15. The third-order valence-corrected chi connectivity index (χ3v) is 10.4. The van der Waals surface area contributed by atoms with E-state index in [1.165, 1.54) is 22.3 Å². The van der Waals surface area contributed by atoms with Crippen molar-refractivity contribution >= 4 is 5.78 Å². The predicted molar refractivity (Wildman–Crippen MR) is 147 cm³/mol. The van der Waals surface area contributed by atoms with E-state index in [4.69, 9.17) is 4.74 Å². The lowest BCUT2D eigenvalue weighted by molar-refractivity contribution is -0.114. The molecule has 4 aliphatic carbocycles. The van der Waals surface area contributed by atoms with Gasteiger partial charge < -0.3 is 9.84 Å². The monoisotopic (exact) mass is 498 g/mol. The van der Waals surface area contributed by atoms with Crippen LogP contribution >= 0.6 is 0 Å². The Balaban J connectivity index is 1.46. The molecule has 1 aliphatic heterocycles. The summed E-state index contributed by atoms with van der Waals surface area (Å²) in [6.45, 7) is 12.6. The molecule has 1 N–H and O–H groups in total. The zero-order valence-electron chi connectivity index (χ0n) is 23.2. The van der Waals surface area contributed by atoms with Crippen molar-refractivity contribution < 1.29 is 14.6 Å². The van der Waals surface area contributed by atoms with Crippen LogP contribution in [0.2, 0.25) is 0 Å². The minimum absolute atomic E-state index is 0.116. The number of carbonyl (C=O) groups excluding carboxylic acids is 1. The molecule has 5 atom stereocenters. The van der Waals surface area contributed by atoms with Gasteiger partial charge in [0.2, 0.25) is 0 Å². The van der Waals surface area contributed by atoms with Crippen LogP contribution in [0.15, 0.2) is 47.1 Å². The van der Waals surface area contributed by atoms with Crippen molar-refractivity contribution in [2.24, 2.45) is 22.7 Å². The zero-order valence-corrected chi connectivity index (χ0v) is 23.2. The van der Waals surface area contributed by atoms with Gasteiger partial charge in [0.25, 0.3) is 0 Å². The Morgan fingerprint density at radius 1 is 1.03 bits per heavy atom. The Kier molecular flexibility index (Phi) is 5.73. The van der Waals surface area contributed by atoms with Gasteiger partial charge in [0.15, 0.2) is 5.78 Å². The van der Waals surface area contributed by atoms with Gasteiger partial charge in [0.05, 0.1) is 13.2 Å². The van der Waals surface area contributed by atoms with Crippen LogP contribution in [-0.2, 0) is 14.9 Å². The molecule has 0 spiro atoms. The maximum atomic E-state index is 12.3. The van der Waals surface area contributed by atoms with Gasteiger partial charge in [-0.05, 0) is 99.5 Å². The predicted octanol–water partition coefficient (Wildman–Crippen LogP) is 6.65. The van der Waals surface area contributed by atoms with Crippen molar-refractivity contribution in [2.45, 2.75) is 96.5 Å². The molecule has 1 unspecified atom stereocenters. The van der Waals surface area contributed by atoms with Crippen molar-refractivity contribution in [1.82, 2.24) is 0 Å². The van der Waals surface area contributed by atoms with Crippen LogP contribution in [0.4, 0.5) is 0 Å². The largest absolute Gasteiger partial charge is 0.379 e. The number of hydrogen-bond donors (Lipinski definition) is 1. The number of rotatable bonds is 2. The number of carbonyl (C=O) groups is 1. The van der Waals surface area contributed by atoms with E-state index >= 15 is 0 Å². The molecule has 3 nitrogen and oxygen atoms in total. The van der Waals surface area contributed by atoms with E-state index in [0.29, 0.717) is 18.3 Å². The molecule has 0 amide bonds. The van der Waals surface area contributed by atoms with Gasteiger partial charge >= 0.3 is 0 Å². The SMILES string of the molecule is CC(C)(C)C#C[C@]1(O)CCC2[C@@H]3CCC4=CC(=O)CCC4=C3[C@@H](c3ccc(C4(C)COC4)cc3)C[C@@]21C. The number of allylic oxidation sites excluding steroid dienone is 4. The van der Waals surface area contributed by atoms with Crippen LogP contribution in [-0.4, -0.2) is 29.7 Å². The van der Waals surface area contributed by atoms with E-state index in [1.54, 1.807) is 5.57 Å². The first kappa shape index (κ1) is 25.1. The molecule has 0 bridgehead atoms. The molecule has 3 heteroatoms. The minimum Gasteiger partial charge on any atom is -0.379 e. The molecule has 196 valence electrons. The van der Waals surface area contributed by atoms with Crippen LogP contribution < -0.4 is 0 Å². The first-order valence-corrected chi connectivity index (χ1v) is 14.3. The summed E-state index contributed by atoms with van der Waals surface area (Å²) in [6, 6.07) is 9.27. The summed E-state index contributed by atoms with van der Waals surface area (Å²) in [6.07, 6.45) is 8.18. The Labute approximate surface area is 222 Å². The fourth-order valence-corrected chi connectivity index (χ4v) is 8.15. The summed E-state index contributed by atoms with van der Waals surface area (Å²) in [5.41, 5.74) is 5.76. The molecule has 1 saturated heterocycles. The van der Waals surface area contributed by atoms with Gasteiger partial charge in [-0.2, -0.15) is 0 Å². The average Bonchev–Trinajstić information content (AvgIpc) is 3.11. The second-order valence-corrected chi connectivity index (χ2v) is 14.1. The molecule has 1 heterocycles. The smallest absolute Gasteiger partial charge is 0.156 e. The van der Waals surface area contributed by atoms with Crippen LogP contribution in [0.25, 0.3) is 0 Å². The van der Waals surface area contributed by atoms with Crippen molar-refractivity contribution in [1.29, 1.82) is 0 Å². The number of aliphatic hydroxyl groups is 1. The minimum atomic E-state index is -0.964. The quantitative estimate of drug-likeness (QED) is 0.464. The van der Waals surface area contributed by atoms with E-state index in [1.807, 2.05) is 6.08 Å². The molecule has 6 rings (SSSR count). The lowest BCUT2D eigenvalue weighted by Gasteiger charge is -2.53. The van der Waals surface area contributed by atoms with Crippen molar-refractivity contribution in [2.75, 3.05) is 13.2 Å². The summed E-state index contributed by atoms with van der Waals surface area (Å²) in [7, 11) is 0. The summed E-state index contributed by atoms with van der Waals surface area (Å²) in [4.78, 5) is 12.3. The lowest BCUT2D eigenvalue weighted by atomic mass is 9.51. The Morgan fingerprint density at radius 3 is 2.41 bits per heavy atom. The van der Waals surface area contributed by atoms with Crippen molar-refractivity contribution in [3.63, 3.8) is 0 Å². The van der Waals surface area contributed by atoms with Crippen LogP contribution in [0, 0.1) is 34.5 Å². The van der Waals surface area contributed by atoms with E-state index < -0.39 is 5.60 Å².